The molecule has 0 aliphatic carbocycles. The van der Waals surface area contributed by atoms with Gasteiger partial charge in [0.05, 0.1) is 10.5 Å². The Kier molecular flexibility index (Phi) is 4.03. The van der Waals surface area contributed by atoms with Crippen molar-refractivity contribution in [3.63, 3.8) is 0 Å². The van der Waals surface area contributed by atoms with Crippen molar-refractivity contribution in [2.24, 2.45) is 0 Å². The number of thiophene rings is 1. The summed E-state index contributed by atoms with van der Waals surface area (Å²) in [7, 11) is 0. The minimum Gasteiger partial charge on any atom is -0.296 e. The minimum absolute atomic E-state index is 0.326. The lowest BCUT2D eigenvalue weighted by Crippen LogP contribution is -2.38. The van der Waals surface area contributed by atoms with Gasteiger partial charge in [-0.2, -0.15) is 0 Å². The predicted octanol–water partition coefficient (Wildman–Crippen LogP) is 2.87. The van der Waals surface area contributed by atoms with Crippen LogP contribution in [0.3, 0.4) is 0 Å². The zero-order valence-corrected chi connectivity index (χ0v) is 10.2. The number of nitrogens with one attached hydrogen (secondary N) is 1. The Labute approximate surface area is 99.8 Å². The number of halogens is 1. The van der Waals surface area contributed by atoms with E-state index in [4.69, 9.17) is 11.6 Å². The van der Waals surface area contributed by atoms with Gasteiger partial charge in [0.15, 0.2) is 0 Å². The second kappa shape index (κ2) is 5.30. The molecule has 0 amide bonds. The summed E-state index contributed by atoms with van der Waals surface area (Å²) in [6.45, 7) is 0. The number of hydrogen-bond donors (Lipinski definition) is 1. The molecule has 0 saturated carbocycles. The van der Waals surface area contributed by atoms with Crippen molar-refractivity contribution in [2.75, 3.05) is 0 Å². The van der Waals surface area contributed by atoms with Crippen LogP contribution in [0.1, 0.15) is 30.6 Å². The van der Waals surface area contributed by atoms with Gasteiger partial charge in [-0.3, -0.25) is 5.32 Å². The molecule has 0 spiro atoms. The second-order valence-corrected chi connectivity index (χ2v) is 5.87. The van der Waals surface area contributed by atoms with Gasteiger partial charge in [0.25, 0.3) is 0 Å². The smallest absolute Gasteiger partial charge is 0.0931 e. The second-order valence-electron chi connectivity index (χ2n) is 4.07. The third-order valence-corrected chi connectivity index (χ3v) is 4.04. The average molecular weight is 243 g/mol. The van der Waals surface area contributed by atoms with Gasteiger partial charge in [-0.05, 0) is 31.4 Å². The standard InChI is InChI=1S/C11H15ClN2S/c12-10-6-5-9(15-10)7-8-3-1-2-4-11(13)14-8/h5-6,8,11,14H,1-4,7H2. The van der Waals surface area contributed by atoms with Crippen LogP contribution in [-0.2, 0) is 6.42 Å². The third-order valence-electron chi connectivity index (χ3n) is 2.78. The summed E-state index contributed by atoms with van der Waals surface area (Å²) in [5.74, 6) is 0. The molecule has 1 aromatic rings. The molecule has 2 radical (unpaired) electrons. The van der Waals surface area contributed by atoms with Crippen molar-refractivity contribution < 1.29 is 0 Å². The first-order valence-corrected chi connectivity index (χ1v) is 6.62. The lowest BCUT2D eigenvalue weighted by atomic mass is 10.1. The highest BCUT2D eigenvalue weighted by molar-refractivity contribution is 7.16. The van der Waals surface area contributed by atoms with Gasteiger partial charge < -0.3 is 0 Å². The van der Waals surface area contributed by atoms with E-state index in [1.54, 1.807) is 11.3 Å². The van der Waals surface area contributed by atoms with Gasteiger partial charge in [-0.15, -0.1) is 17.1 Å². The molecule has 1 aliphatic heterocycles. The van der Waals surface area contributed by atoms with Crippen LogP contribution in [0.5, 0.6) is 0 Å². The number of rotatable bonds is 2. The van der Waals surface area contributed by atoms with Crippen LogP contribution in [0.25, 0.3) is 0 Å². The van der Waals surface area contributed by atoms with Gasteiger partial charge in [-0.25, -0.2) is 0 Å². The van der Waals surface area contributed by atoms with Gasteiger partial charge in [0, 0.05) is 10.9 Å². The fourth-order valence-electron chi connectivity index (χ4n) is 2.03. The van der Waals surface area contributed by atoms with E-state index in [-0.39, 0.29) is 6.17 Å². The van der Waals surface area contributed by atoms with Crippen LogP contribution in [-0.4, -0.2) is 12.2 Å². The van der Waals surface area contributed by atoms with Crippen LogP contribution >= 0.6 is 22.9 Å². The molecule has 1 aliphatic rings. The third kappa shape index (κ3) is 3.45. The van der Waals surface area contributed by atoms with E-state index in [9.17, 15) is 5.73 Å². The monoisotopic (exact) mass is 242 g/mol. The zero-order chi connectivity index (χ0) is 10.7. The van der Waals surface area contributed by atoms with E-state index in [0.29, 0.717) is 6.04 Å². The molecule has 2 nitrogen and oxygen atoms in total. The maximum absolute atomic E-state index is 9.61. The molecule has 4 heteroatoms. The maximum Gasteiger partial charge on any atom is 0.0931 e. The Balaban J connectivity index is 1.92. The molecule has 2 heterocycles. The number of hydrogen-bond acceptors (Lipinski definition) is 2. The summed E-state index contributed by atoms with van der Waals surface area (Å²) < 4.78 is 0.846. The summed E-state index contributed by atoms with van der Waals surface area (Å²) in [4.78, 5) is 1.30. The van der Waals surface area contributed by atoms with Crippen molar-refractivity contribution in [2.45, 2.75) is 44.3 Å². The van der Waals surface area contributed by atoms with Crippen LogP contribution in [0.2, 0.25) is 4.34 Å². The van der Waals surface area contributed by atoms with Crippen molar-refractivity contribution in [1.82, 2.24) is 11.1 Å². The minimum atomic E-state index is -0.326. The lowest BCUT2D eigenvalue weighted by Gasteiger charge is -2.17. The Morgan fingerprint density at radius 1 is 1.40 bits per heavy atom. The normalized spacial score (nSPS) is 27.6. The fourth-order valence-corrected chi connectivity index (χ4v) is 3.20. The number of nitrogens with zero attached hydrogens (tertiary/aromatic N) is 1. The van der Waals surface area contributed by atoms with E-state index in [1.807, 2.05) is 6.07 Å². The van der Waals surface area contributed by atoms with Gasteiger partial charge in [0.1, 0.15) is 0 Å². The molecular weight excluding hydrogens is 228 g/mol. The van der Waals surface area contributed by atoms with Gasteiger partial charge in [0.2, 0.25) is 0 Å². The van der Waals surface area contributed by atoms with Crippen LogP contribution in [0.15, 0.2) is 12.1 Å². The Hall–Kier alpha value is -0.0900. The summed E-state index contributed by atoms with van der Waals surface area (Å²) in [6.07, 6.45) is 5.00. The Bertz CT molecular complexity index is 313. The van der Waals surface area contributed by atoms with Crippen molar-refractivity contribution in [3.05, 3.63) is 21.3 Å². The molecule has 1 saturated heterocycles. The van der Waals surface area contributed by atoms with E-state index in [2.05, 4.69) is 11.4 Å². The molecular formula is C11H15ClN2S. The predicted molar refractivity (Wildman–Crippen MR) is 64.3 cm³/mol. The van der Waals surface area contributed by atoms with E-state index >= 15 is 0 Å². The highest BCUT2D eigenvalue weighted by Crippen LogP contribution is 2.24. The molecule has 2 rings (SSSR count). The van der Waals surface area contributed by atoms with Crippen LogP contribution in [0.4, 0.5) is 0 Å². The van der Waals surface area contributed by atoms with Gasteiger partial charge in [-0.1, -0.05) is 24.4 Å². The lowest BCUT2D eigenvalue weighted by molar-refractivity contribution is 0.428. The van der Waals surface area contributed by atoms with Crippen molar-refractivity contribution in [1.29, 1.82) is 0 Å². The highest BCUT2D eigenvalue weighted by Gasteiger charge is 2.18. The first-order valence-electron chi connectivity index (χ1n) is 5.42. The molecule has 2 unspecified atom stereocenters. The molecule has 1 aromatic heterocycles. The molecule has 15 heavy (non-hydrogen) atoms. The fraction of sp³-hybridized carbons (Fsp3) is 0.636. The van der Waals surface area contributed by atoms with Crippen LogP contribution in [0, 0.1) is 0 Å². The molecule has 1 N–H and O–H groups in total. The summed E-state index contributed by atoms with van der Waals surface area (Å²) in [5, 5.41) is 3.26. The van der Waals surface area contributed by atoms with Crippen molar-refractivity contribution in [3.8, 4) is 0 Å². The molecule has 1 fully saturated rings. The average Bonchev–Trinajstić information content (AvgIpc) is 2.46. The Morgan fingerprint density at radius 2 is 2.20 bits per heavy atom. The topological polar surface area (TPSA) is 34.3 Å². The maximum atomic E-state index is 9.61. The first kappa shape index (κ1) is 11.4. The summed E-state index contributed by atoms with van der Waals surface area (Å²) >= 11 is 7.52. The van der Waals surface area contributed by atoms with E-state index in [0.717, 1.165) is 30.0 Å². The van der Waals surface area contributed by atoms with E-state index in [1.165, 1.54) is 11.3 Å². The molecule has 0 bridgehead atoms. The highest BCUT2D eigenvalue weighted by atomic mass is 35.5. The Morgan fingerprint density at radius 3 is 2.93 bits per heavy atom. The SMILES string of the molecule is [N]C1CCCCC(Cc2ccc(Cl)s2)N1. The molecule has 2 atom stereocenters. The molecule has 0 aromatic carbocycles. The first-order chi connectivity index (χ1) is 7.24. The summed E-state index contributed by atoms with van der Waals surface area (Å²) in [6, 6.07) is 4.41. The zero-order valence-electron chi connectivity index (χ0n) is 8.58. The van der Waals surface area contributed by atoms with Crippen molar-refractivity contribution >= 4 is 22.9 Å². The largest absolute Gasteiger partial charge is 0.296 e. The quantitative estimate of drug-likeness (QED) is 0.850. The summed E-state index contributed by atoms with van der Waals surface area (Å²) in [5.41, 5.74) is 9.61. The molecule has 82 valence electrons. The van der Waals surface area contributed by atoms with Crippen LogP contribution < -0.4 is 11.1 Å². The van der Waals surface area contributed by atoms with Gasteiger partial charge >= 0.3 is 0 Å². The van der Waals surface area contributed by atoms with E-state index < -0.39 is 0 Å².